The zero-order valence-corrected chi connectivity index (χ0v) is 16.6. The average Bonchev–Trinajstić information content (AvgIpc) is 2.53. The van der Waals surface area contributed by atoms with Gasteiger partial charge in [0, 0.05) is 6.20 Å². The molecule has 11 heteroatoms. The van der Waals surface area contributed by atoms with Crippen LogP contribution in [0, 0.1) is 0 Å². The number of aromatic nitrogens is 2. The highest BCUT2D eigenvalue weighted by Crippen LogP contribution is 2.57. The lowest BCUT2D eigenvalue weighted by Gasteiger charge is -2.40. The van der Waals surface area contributed by atoms with Gasteiger partial charge in [-0.1, -0.05) is 0 Å². The van der Waals surface area contributed by atoms with Crippen LogP contribution in [0.4, 0.5) is 5.82 Å². The average molecular weight is 403 g/mol. The second-order valence-electron chi connectivity index (χ2n) is 6.69. The number of ether oxygens (including phenoxy) is 1. The number of nitrogens with zero attached hydrogens (tertiary/aromatic N) is 2. The van der Waals surface area contributed by atoms with Crippen molar-refractivity contribution in [2.75, 3.05) is 12.3 Å². The van der Waals surface area contributed by atoms with Crippen molar-refractivity contribution in [2.24, 2.45) is 0 Å². The molecule has 27 heavy (non-hydrogen) atoms. The van der Waals surface area contributed by atoms with E-state index in [2.05, 4.69) is 4.98 Å². The van der Waals surface area contributed by atoms with Crippen LogP contribution in [0.25, 0.3) is 0 Å². The molecule has 2 heterocycles. The molecule has 1 aliphatic heterocycles. The summed E-state index contributed by atoms with van der Waals surface area (Å²) in [5.74, 6) is -1.18. The highest BCUT2D eigenvalue weighted by Gasteiger charge is 2.48. The minimum Gasteiger partial charge on any atom is -0.393 e. The molecular weight excluding hydrogens is 377 g/mol. The van der Waals surface area contributed by atoms with E-state index in [4.69, 9.17) is 19.5 Å². The molecule has 0 spiro atoms. The molecule has 1 aromatic rings. The molecule has 0 saturated heterocycles. The largest absolute Gasteiger partial charge is 0.393 e. The molecule has 1 aliphatic rings. The van der Waals surface area contributed by atoms with Crippen LogP contribution in [0.2, 0.25) is 0 Å². The van der Waals surface area contributed by atoms with Crippen molar-refractivity contribution in [1.82, 2.24) is 9.55 Å². The van der Waals surface area contributed by atoms with Gasteiger partial charge in [0.1, 0.15) is 11.9 Å². The summed E-state index contributed by atoms with van der Waals surface area (Å²) in [6.07, 6.45) is 1.58. The molecule has 2 rings (SSSR count). The van der Waals surface area contributed by atoms with Gasteiger partial charge >= 0.3 is 13.3 Å². The Balaban J connectivity index is 2.45. The molecule has 0 bridgehead atoms. The first kappa shape index (κ1) is 21.7. The van der Waals surface area contributed by atoms with Gasteiger partial charge < -0.3 is 29.7 Å². The van der Waals surface area contributed by atoms with Gasteiger partial charge in [-0.3, -0.25) is 9.13 Å². The first-order valence-corrected chi connectivity index (χ1v) is 10.1. The predicted octanol–water partition coefficient (Wildman–Crippen LogP) is 0.787. The molecule has 3 atom stereocenters. The number of aliphatic hydroxyl groups excluding tert-OH is 1. The maximum atomic E-state index is 13.2. The Kier molecular flexibility index (Phi) is 6.62. The summed E-state index contributed by atoms with van der Waals surface area (Å²) in [4.78, 5) is 15.7. The van der Waals surface area contributed by atoms with E-state index in [1.165, 1.54) is 24.4 Å². The number of hydrogen-bond donors (Lipinski definition) is 3. The Hall–Kier alpha value is -1.55. The first-order chi connectivity index (χ1) is 12.5. The molecule has 0 amide bonds. The summed E-state index contributed by atoms with van der Waals surface area (Å²) in [5, 5.41) is 20.7. The Morgan fingerprint density at radius 2 is 1.96 bits per heavy atom. The molecular formula is C16H26N3O7P. The van der Waals surface area contributed by atoms with E-state index in [9.17, 15) is 19.6 Å². The van der Waals surface area contributed by atoms with E-state index < -0.39 is 49.8 Å². The molecule has 0 radical (unpaired) electrons. The van der Waals surface area contributed by atoms with E-state index in [0.29, 0.717) is 0 Å². The zero-order chi connectivity index (χ0) is 20.4. The van der Waals surface area contributed by atoms with Crippen LogP contribution in [-0.4, -0.2) is 50.5 Å². The lowest BCUT2D eigenvalue weighted by molar-refractivity contribution is -0.160. The molecule has 0 saturated carbocycles. The zero-order valence-electron chi connectivity index (χ0n) is 15.7. The normalized spacial score (nSPS) is 26.1. The molecule has 152 valence electrons. The fraction of sp³-hybridized carbons (Fsp3) is 0.625. The van der Waals surface area contributed by atoms with Crippen molar-refractivity contribution in [2.45, 2.75) is 57.6 Å². The predicted molar refractivity (Wildman–Crippen MR) is 98.0 cm³/mol. The van der Waals surface area contributed by atoms with Crippen LogP contribution < -0.4 is 11.4 Å². The fourth-order valence-corrected chi connectivity index (χ4v) is 4.72. The Labute approximate surface area is 157 Å². The monoisotopic (exact) mass is 403 g/mol. The second kappa shape index (κ2) is 8.22. The quantitative estimate of drug-likeness (QED) is 0.444. The minimum absolute atomic E-state index is 0.0147. The maximum Gasteiger partial charge on any atom is 0.363 e. The van der Waals surface area contributed by atoms with Crippen LogP contribution >= 0.6 is 7.60 Å². The maximum absolute atomic E-state index is 13.2. The van der Waals surface area contributed by atoms with E-state index in [0.717, 1.165) is 4.57 Å². The molecule has 1 aromatic heterocycles. The van der Waals surface area contributed by atoms with Gasteiger partial charge in [0.25, 0.3) is 0 Å². The lowest BCUT2D eigenvalue weighted by Crippen LogP contribution is -2.54. The highest BCUT2D eigenvalue weighted by atomic mass is 31.2. The SMILES string of the molecule is CC(C)OP(=O)(OC(C)C)[C@H]1C=C[C@](O)(n2ccc(N)nc2=O)[C@@H](CO)O1. The third-order valence-electron chi connectivity index (χ3n) is 3.69. The van der Waals surface area contributed by atoms with E-state index in [1.54, 1.807) is 27.7 Å². The van der Waals surface area contributed by atoms with Gasteiger partial charge in [0.05, 0.1) is 18.8 Å². The van der Waals surface area contributed by atoms with Crippen LogP contribution in [0.1, 0.15) is 27.7 Å². The first-order valence-electron chi connectivity index (χ1n) is 8.52. The summed E-state index contributed by atoms with van der Waals surface area (Å²) in [6.45, 7) is 6.12. The topological polar surface area (TPSA) is 146 Å². The lowest BCUT2D eigenvalue weighted by atomic mass is 10.0. The van der Waals surface area contributed by atoms with Crippen molar-refractivity contribution in [1.29, 1.82) is 0 Å². The van der Waals surface area contributed by atoms with E-state index >= 15 is 0 Å². The van der Waals surface area contributed by atoms with Crippen molar-refractivity contribution in [3.05, 3.63) is 34.9 Å². The van der Waals surface area contributed by atoms with Crippen molar-refractivity contribution >= 4 is 13.4 Å². The fourth-order valence-electron chi connectivity index (χ4n) is 2.66. The van der Waals surface area contributed by atoms with Crippen molar-refractivity contribution < 1.29 is 28.6 Å². The van der Waals surface area contributed by atoms with Crippen LogP contribution in [0.3, 0.4) is 0 Å². The van der Waals surface area contributed by atoms with Crippen LogP contribution in [0.15, 0.2) is 29.2 Å². The van der Waals surface area contributed by atoms with Crippen LogP contribution in [0.5, 0.6) is 0 Å². The summed E-state index contributed by atoms with van der Waals surface area (Å²) in [7, 11) is -3.78. The number of rotatable bonds is 7. The standard InChI is InChI=1S/C16H26N3O7P/c1-10(2)25-27(23,26-11(3)4)14-5-7-16(22,12(9-20)24-14)19-8-6-13(17)18-15(19)21/h5-8,10-12,14,20,22H,9H2,1-4H3,(H2,17,18,21)/t12-,14+,16-/m1/s1. The number of nitrogen functional groups attached to an aromatic ring is 1. The van der Waals surface area contributed by atoms with E-state index in [-0.39, 0.29) is 5.82 Å². The minimum atomic E-state index is -3.78. The summed E-state index contributed by atoms with van der Waals surface area (Å²) in [5.41, 5.74) is 2.58. The Bertz CT molecular complexity index is 780. The third kappa shape index (κ3) is 4.66. The van der Waals surface area contributed by atoms with Gasteiger partial charge in [-0.25, -0.2) is 4.79 Å². The Morgan fingerprint density at radius 3 is 2.44 bits per heavy atom. The molecule has 0 fully saturated rings. The summed E-state index contributed by atoms with van der Waals surface area (Å²) >= 11 is 0. The Morgan fingerprint density at radius 1 is 1.37 bits per heavy atom. The number of aliphatic hydroxyl groups is 2. The number of nitrogens with two attached hydrogens (primary N) is 1. The van der Waals surface area contributed by atoms with Crippen molar-refractivity contribution in [3.8, 4) is 0 Å². The molecule has 0 unspecified atom stereocenters. The second-order valence-corrected chi connectivity index (χ2v) is 8.70. The molecule has 0 aliphatic carbocycles. The molecule has 0 aromatic carbocycles. The summed E-state index contributed by atoms with van der Waals surface area (Å²) in [6, 6.07) is 1.32. The van der Waals surface area contributed by atoms with Crippen LogP contribution in [-0.2, 0) is 24.1 Å². The highest BCUT2D eigenvalue weighted by molar-refractivity contribution is 7.54. The van der Waals surface area contributed by atoms with Crippen molar-refractivity contribution in [3.63, 3.8) is 0 Å². The number of anilines is 1. The van der Waals surface area contributed by atoms with Gasteiger partial charge in [0.2, 0.25) is 0 Å². The number of hydrogen-bond acceptors (Lipinski definition) is 9. The van der Waals surface area contributed by atoms with E-state index in [1.807, 2.05) is 0 Å². The van der Waals surface area contributed by atoms with Gasteiger partial charge in [-0.2, -0.15) is 4.98 Å². The van der Waals surface area contributed by atoms with Gasteiger partial charge in [0.15, 0.2) is 11.6 Å². The molecule has 10 nitrogen and oxygen atoms in total. The smallest absolute Gasteiger partial charge is 0.363 e. The van der Waals surface area contributed by atoms with Gasteiger partial charge in [-0.15, -0.1) is 0 Å². The third-order valence-corrected chi connectivity index (χ3v) is 6.04. The summed E-state index contributed by atoms with van der Waals surface area (Å²) < 4.78 is 30.7. The molecule has 4 N–H and O–H groups in total. The van der Waals surface area contributed by atoms with Gasteiger partial charge in [-0.05, 0) is 45.9 Å².